The Kier molecular flexibility index (Phi) is 8.36. The maximum absolute atomic E-state index is 13.3. The molecule has 0 aliphatic rings. The van der Waals surface area contributed by atoms with Gasteiger partial charge in [0.2, 0.25) is 5.95 Å². The first-order valence-electron chi connectivity index (χ1n) is 14.4. The van der Waals surface area contributed by atoms with Crippen molar-refractivity contribution in [1.82, 2.24) is 33.9 Å². The van der Waals surface area contributed by atoms with Crippen LogP contribution in [0.4, 0.5) is 17.5 Å². The van der Waals surface area contributed by atoms with Crippen molar-refractivity contribution in [2.75, 3.05) is 26.0 Å². The van der Waals surface area contributed by atoms with E-state index in [9.17, 15) is 20.0 Å². The molecule has 14 heteroatoms. The van der Waals surface area contributed by atoms with Gasteiger partial charge in [-0.25, -0.2) is 28.9 Å². The Morgan fingerprint density at radius 1 is 1.13 bits per heavy atom. The molecule has 0 saturated heterocycles. The Labute approximate surface area is 259 Å². The third kappa shape index (κ3) is 6.66. The van der Waals surface area contributed by atoms with Gasteiger partial charge in [0.1, 0.15) is 17.5 Å². The summed E-state index contributed by atoms with van der Waals surface area (Å²) >= 11 is 0. The lowest BCUT2D eigenvalue weighted by atomic mass is 10.1. The molecule has 0 radical (unpaired) electrons. The number of imidazole rings is 1. The predicted molar refractivity (Wildman–Crippen MR) is 170 cm³/mol. The Morgan fingerprint density at radius 3 is 2.53 bits per heavy atom. The zero-order valence-electron chi connectivity index (χ0n) is 26.0. The standard InChI is InChI=1S/C31H36N10O4/c1-7-16-38-29(42)23-18-32-30(36-27(23)39(38)26-10-8-9-25(35-26)31(2,3)43)34-22-13-11-21(12-14-22)15-17-41(5,6)19-24-28(40(44)45)37(4)20-33-24/h7-14,18,20,43H,1,15-17,19H2,2-6H3/p+1. The van der Waals surface area contributed by atoms with Gasteiger partial charge >= 0.3 is 5.82 Å². The lowest BCUT2D eigenvalue weighted by Crippen LogP contribution is -2.40. The number of rotatable bonds is 12. The summed E-state index contributed by atoms with van der Waals surface area (Å²) in [5, 5.41) is 25.5. The van der Waals surface area contributed by atoms with Gasteiger partial charge in [-0.3, -0.25) is 4.79 Å². The largest absolute Gasteiger partial charge is 0.384 e. The van der Waals surface area contributed by atoms with Crippen LogP contribution < -0.4 is 10.9 Å². The number of nitrogens with one attached hydrogen (secondary N) is 1. The summed E-state index contributed by atoms with van der Waals surface area (Å²) < 4.78 is 5.06. The van der Waals surface area contributed by atoms with Crippen molar-refractivity contribution in [3.8, 4) is 5.82 Å². The number of fused-ring (bicyclic) bond motifs is 1. The fourth-order valence-corrected chi connectivity index (χ4v) is 5.11. The Balaban J connectivity index is 1.35. The molecule has 4 heterocycles. The van der Waals surface area contributed by atoms with Gasteiger partial charge in [-0.15, -0.1) is 6.58 Å². The van der Waals surface area contributed by atoms with Crippen LogP contribution in [0.1, 0.15) is 30.8 Å². The second-order valence-corrected chi connectivity index (χ2v) is 12.1. The first-order chi connectivity index (χ1) is 21.3. The minimum absolute atomic E-state index is 0.0187. The SMILES string of the molecule is C=CCn1c(=O)c2cnc(Nc3ccc(CC[N+](C)(C)Cc4ncn(C)c4[N+](=O)[O-])cc3)nc2n1-c1cccc(C(C)(C)O)n1. The number of allylic oxidation sites excluding steroid dienone is 1. The van der Waals surface area contributed by atoms with Gasteiger partial charge in [-0.2, -0.15) is 4.98 Å². The highest BCUT2D eigenvalue weighted by atomic mass is 16.6. The number of quaternary nitrogens is 1. The molecule has 2 N–H and O–H groups in total. The molecule has 5 rings (SSSR count). The van der Waals surface area contributed by atoms with Crippen LogP contribution in [0.5, 0.6) is 0 Å². The van der Waals surface area contributed by atoms with Gasteiger partial charge in [-0.1, -0.05) is 24.3 Å². The molecule has 0 fully saturated rings. The van der Waals surface area contributed by atoms with Gasteiger partial charge in [0.25, 0.3) is 5.56 Å². The van der Waals surface area contributed by atoms with Crippen LogP contribution in [0.2, 0.25) is 0 Å². The molecule has 0 saturated carbocycles. The number of aryl methyl sites for hydroxylation is 1. The van der Waals surface area contributed by atoms with Gasteiger partial charge in [0, 0.05) is 18.3 Å². The third-order valence-electron chi connectivity index (χ3n) is 7.50. The summed E-state index contributed by atoms with van der Waals surface area (Å²) in [5.41, 5.74) is 1.69. The van der Waals surface area contributed by atoms with E-state index in [1.165, 1.54) is 21.8 Å². The summed E-state index contributed by atoms with van der Waals surface area (Å²) in [5.74, 6) is 0.745. The average Bonchev–Trinajstić information content (AvgIpc) is 3.48. The van der Waals surface area contributed by atoms with Crippen LogP contribution in [0.15, 0.2) is 72.4 Å². The molecule has 5 aromatic rings. The molecule has 0 atom stereocenters. The van der Waals surface area contributed by atoms with Crippen molar-refractivity contribution in [2.45, 2.75) is 39.0 Å². The smallest absolute Gasteiger partial charge is 0.351 e. The summed E-state index contributed by atoms with van der Waals surface area (Å²) in [4.78, 5) is 42.3. The highest BCUT2D eigenvalue weighted by molar-refractivity contribution is 5.77. The summed E-state index contributed by atoms with van der Waals surface area (Å²) in [7, 11) is 5.68. The number of aliphatic hydroxyl groups is 1. The molecule has 234 valence electrons. The number of nitro groups is 1. The van der Waals surface area contributed by atoms with E-state index in [1.807, 2.05) is 38.4 Å². The summed E-state index contributed by atoms with van der Waals surface area (Å²) in [6, 6.07) is 13.1. The van der Waals surface area contributed by atoms with Gasteiger partial charge in [-0.05, 0) is 48.6 Å². The Morgan fingerprint density at radius 2 is 1.87 bits per heavy atom. The maximum Gasteiger partial charge on any atom is 0.351 e. The van der Waals surface area contributed by atoms with Crippen LogP contribution in [0.25, 0.3) is 16.9 Å². The molecule has 0 aliphatic heterocycles. The van der Waals surface area contributed by atoms with Crippen molar-refractivity contribution in [1.29, 1.82) is 0 Å². The average molecular weight is 614 g/mol. The van der Waals surface area contributed by atoms with Crippen molar-refractivity contribution in [2.24, 2.45) is 7.05 Å². The normalized spacial score (nSPS) is 12.0. The van der Waals surface area contributed by atoms with Crippen LogP contribution in [0.3, 0.4) is 0 Å². The van der Waals surface area contributed by atoms with Gasteiger partial charge in [0.05, 0.1) is 39.9 Å². The minimum atomic E-state index is -1.18. The van der Waals surface area contributed by atoms with Crippen molar-refractivity contribution in [3.63, 3.8) is 0 Å². The minimum Gasteiger partial charge on any atom is -0.384 e. The molecule has 4 aromatic heterocycles. The fourth-order valence-electron chi connectivity index (χ4n) is 5.11. The van der Waals surface area contributed by atoms with E-state index in [0.717, 1.165) is 24.2 Å². The third-order valence-corrected chi connectivity index (χ3v) is 7.50. The lowest BCUT2D eigenvalue weighted by molar-refractivity contribution is -0.903. The van der Waals surface area contributed by atoms with Gasteiger partial charge in [0.15, 0.2) is 23.5 Å². The number of pyridine rings is 1. The van der Waals surface area contributed by atoms with Crippen molar-refractivity contribution >= 4 is 28.5 Å². The molecule has 0 amide bonds. The zero-order chi connectivity index (χ0) is 32.5. The predicted octanol–water partition coefficient (Wildman–Crippen LogP) is 3.60. The number of hydrogen-bond donors (Lipinski definition) is 2. The Bertz CT molecular complexity index is 1930. The van der Waals surface area contributed by atoms with E-state index in [4.69, 9.17) is 0 Å². The fraction of sp³-hybridized carbons (Fsp3) is 0.323. The van der Waals surface area contributed by atoms with Crippen molar-refractivity contribution < 1.29 is 14.5 Å². The highest BCUT2D eigenvalue weighted by Gasteiger charge is 2.27. The monoisotopic (exact) mass is 613 g/mol. The molecular formula is C31H37N10O4+. The molecule has 1 aromatic carbocycles. The van der Waals surface area contributed by atoms with E-state index in [2.05, 4.69) is 31.8 Å². The molecule has 14 nitrogen and oxygen atoms in total. The first-order valence-corrected chi connectivity index (χ1v) is 14.4. The maximum atomic E-state index is 13.3. The quantitative estimate of drug-likeness (QED) is 0.0928. The second-order valence-electron chi connectivity index (χ2n) is 12.1. The highest BCUT2D eigenvalue weighted by Crippen LogP contribution is 2.23. The molecular weight excluding hydrogens is 576 g/mol. The lowest BCUT2D eigenvalue weighted by Gasteiger charge is -2.28. The summed E-state index contributed by atoms with van der Waals surface area (Å²) in [6.07, 6.45) is 5.34. The van der Waals surface area contributed by atoms with E-state index < -0.39 is 10.5 Å². The molecule has 0 bridgehead atoms. The van der Waals surface area contributed by atoms with E-state index in [0.29, 0.717) is 45.2 Å². The molecule has 45 heavy (non-hydrogen) atoms. The van der Waals surface area contributed by atoms with E-state index in [1.54, 1.807) is 49.9 Å². The summed E-state index contributed by atoms with van der Waals surface area (Å²) in [6.45, 7) is 8.50. The van der Waals surface area contributed by atoms with Gasteiger partial charge < -0.3 is 25.0 Å². The number of anilines is 2. The van der Waals surface area contributed by atoms with E-state index in [-0.39, 0.29) is 17.9 Å². The number of likely N-dealkylation sites (N-methyl/N-ethyl adjacent to an activating group) is 1. The first kappa shape index (κ1) is 31.2. The number of hydrogen-bond acceptors (Lipinski definition) is 9. The molecule has 0 unspecified atom stereocenters. The van der Waals surface area contributed by atoms with Crippen LogP contribution >= 0.6 is 0 Å². The molecule has 0 aliphatic carbocycles. The van der Waals surface area contributed by atoms with Crippen LogP contribution in [-0.4, -0.2) is 69.0 Å². The molecule has 0 spiro atoms. The van der Waals surface area contributed by atoms with Crippen LogP contribution in [0, 0.1) is 10.1 Å². The van der Waals surface area contributed by atoms with Crippen molar-refractivity contribution in [3.05, 3.63) is 105 Å². The topological polar surface area (TPSA) is 159 Å². The number of aromatic nitrogens is 7. The number of nitrogens with zero attached hydrogens (tertiary/aromatic N) is 9. The van der Waals surface area contributed by atoms with E-state index >= 15 is 0 Å². The number of benzene rings is 1. The second kappa shape index (κ2) is 12.1. The zero-order valence-corrected chi connectivity index (χ0v) is 26.0. The van der Waals surface area contributed by atoms with Crippen LogP contribution in [-0.2, 0) is 32.2 Å². The Hall–Kier alpha value is -5.21.